The Morgan fingerprint density at radius 1 is 1.03 bits per heavy atom. The van der Waals surface area contributed by atoms with Crippen LogP contribution in [0.1, 0.15) is 29.8 Å². The Morgan fingerprint density at radius 3 is 2.37 bits per heavy atom. The normalized spacial score (nSPS) is 15.2. The molecular weight excluding hydrogens is 449 g/mol. The zero-order chi connectivity index (χ0) is 25.1. The van der Waals surface area contributed by atoms with Gasteiger partial charge in [-0.2, -0.15) is 0 Å². The van der Waals surface area contributed by atoms with Crippen molar-refractivity contribution in [1.29, 1.82) is 0 Å². The maximum Gasteiger partial charge on any atom is 0.259 e. The maximum atomic E-state index is 14.4. The predicted octanol–water partition coefficient (Wildman–Crippen LogP) is 3.95. The zero-order valence-electron chi connectivity index (χ0n) is 20.6. The summed E-state index contributed by atoms with van der Waals surface area (Å²) in [5, 5.41) is 11.0. The van der Waals surface area contributed by atoms with Gasteiger partial charge in [0.2, 0.25) is 0 Å². The molecule has 7 nitrogen and oxygen atoms in total. The van der Waals surface area contributed by atoms with Crippen LogP contribution in [-0.2, 0) is 6.54 Å². The fourth-order valence-electron chi connectivity index (χ4n) is 4.93. The molecule has 1 atom stereocenters. The van der Waals surface area contributed by atoms with Gasteiger partial charge in [-0.3, -0.25) is 9.69 Å². The third-order valence-electron chi connectivity index (χ3n) is 6.72. The first-order valence-corrected chi connectivity index (χ1v) is 11.8. The van der Waals surface area contributed by atoms with E-state index in [2.05, 4.69) is 4.90 Å². The van der Waals surface area contributed by atoms with Crippen molar-refractivity contribution in [3.63, 3.8) is 0 Å². The van der Waals surface area contributed by atoms with E-state index < -0.39 is 6.04 Å². The van der Waals surface area contributed by atoms with Gasteiger partial charge >= 0.3 is 0 Å². The van der Waals surface area contributed by atoms with E-state index in [0.29, 0.717) is 61.2 Å². The number of ether oxygens (including phenoxy) is 2. The van der Waals surface area contributed by atoms with Crippen molar-refractivity contribution in [3.05, 3.63) is 81.5 Å². The molecule has 0 saturated carbocycles. The summed E-state index contributed by atoms with van der Waals surface area (Å²) < 4.78 is 27.1. The van der Waals surface area contributed by atoms with Crippen LogP contribution in [0.4, 0.5) is 10.1 Å². The van der Waals surface area contributed by atoms with Crippen molar-refractivity contribution in [2.75, 3.05) is 45.3 Å². The second kappa shape index (κ2) is 10.4. The van der Waals surface area contributed by atoms with Crippen LogP contribution in [0.15, 0.2) is 53.3 Å². The lowest BCUT2D eigenvalue weighted by molar-refractivity contribution is 0.203. The van der Waals surface area contributed by atoms with E-state index in [1.165, 1.54) is 6.07 Å². The minimum Gasteiger partial charge on any atom is -0.507 e. The number of aryl methyl sites for hydroxylation is 1. The van der Waals surface area contributed by atoms with Crippen molar-refractivity contribution >= 4 is 5.69 Å². The number of nitrogens with zero attached hydrogens (tertiary/aromatic N) is 3. The first kappa shape index (κ1) is 24.6. The molecule has 2 heterocycles. The van der Waals surface area contributed by atoms with Gasteiger partial charge in [0, 0.05) is 50.0 Å². The largest absolute Gasteiger partial charge is 0.507 e. The number of methoxy groups -OCH3 is 2. The molecule has 0 bridgehead atoms. The lowest BCUT2D eigenvalue weighted by Gasteiger charge is -2.41. The zero-order valence-corrected chi connectivity index (χ0v) is 20.6. The van der Waals surface area contributed by atoms with Crippen molar-refractivity contribution in [2.45, 2.75) is 26.4 Å². The van der Waals surface area contributed by atoms with Crippen molar-refractivity contribution in [2.24, 2.45) is 0 Å². The maximum absolute atomic E-state index is 14.4. The Hall–Kier alpha value is -3.52. The summed E-state index contributed by atoms with van der Waals surface area (Å²) in [6, 6.07) is 13.3. The Balaban J connectivity index is 1.79. The second-order valence-corrected chi connectivity index (χ2v) is 8.62. The van der Waals surface area contributed by atoms with Gasteiger partial charge in [-0.1, -0.05) is 12.1 Å². The van der Waals surface area contributed by atoms with E-state index in [1.54, 1.807) is 43.1 Å². The highest BCUT2D eigenvalue weighted by Crippen LogP contribution is 2.39. The Labute approximate surface area is 204 Å². The van der Waals surface area contributed by atoms with E-state index >= 15 is 0 Å². The van der Waals surface area contributed by atoms with Crippen molar-refractivity contribution < 1.29 is 19.0 Å². The fourth-order valence-corrected chi connectivity index (χ4v) is 4.93. The van der Waals surface area contributed by atoms with E-state index in [-0.39, 0.29) is 17.1 Å². The van der Waals surface area contributed by atoms with Crippen LogP contribution in [-0.4, -0.2) is 55.0 Å². The molecule has 0 radical (unpaired) electrons. The number of piperazine rings is 1. The number of para-hydroxylation sites is 1. The van der Waals surface area contributed by atoms with E-state index in [9.17, 15) is 14.3 Å². The van der Waals surface area contributed by atoms with Gasteiger partial charge in [0.1, 0.15) is 23.1 Å². The number of halogens is 1. The standard InChI is InChI=1S/C27H32FN3O4/c1-5-31-18(2)16-23(32)25(27(31)33)26(20-11-10-19(34-3)17-24(20)35-4)30-14-12-29(13-15-30)22-9-7-6-8-21(22)28/h6-11,16-17,26,32H,5,12-15H2,1-4H3/t26-/m1/s1. The SMILES string of the molecule is CCn1c(C)cc(O)c([C@@H](c2ccc(OC)cc2OC)N2CCN(c3ccccc3F)CC2)c1=O. The van der Waals surface area contributed by atoms with Crippen molar-refractivity contribution in [3.8, 4) is 17.2 Å². The molecule has 35 heavy (non-hydrogen) atoms. The Kier molecular flexibility index (Phi) is 7.31. The molecule has 1 aliphatic heterocycles. The van der Waals surface area contributed by atoms with Gasteiger partial charge in [-0.25, -0.2) is 4.39 Å². The molecule has 0 amide bonds. The highest BCUT2D eigenvalue weighted by atomic mass is 19.1. The van der Waals surface area contributed by atoms with Crippen LogP contribution in [0.2, 0.25) is 0 Å². The summed E-state index contributed by atoms with van der Waals surface area (Å²) in [6.45, 7) is 6.48. The Bertz CT molecular complexity index is 1250. The molecule has 2 aromatic carbocycles. The van der Waals surface area contributed by atoms with E-state index in [4.69, 9.17) is 9.47 Å². The van der Waals surface area contributed by atoms with E-state index in [0.717, 1.165) is 5.56 Å². The summed E-state index contributed by atoms with van der Waals surface area (Å²) in [7, 11) is 3.16. The van der Waals surface area contributed by atoms with Gasteiger partial charge in [-0.15, -0.1) is 0 Å². The molecule has 1 aromatic heterocycles. The molecule has 8 heteroatoms. The number of hydrogen-bond acceptors (Lipinski definition) is 6. The van der Waals surface area contributed by atoms with Crippen LogP contribution < -0.4 is 19.9 Å². The molecule has 4 rings (SSSR count). The first-order chi connectivity index (χ1) is 16.9. The van der Waals surface area contributed by atoms with E-state index in [1.807, 2.05) is 36.9 Å². The fraction of sp³-hybridized carbons (Fsp3) is 0.370. The molecular formula is C27H32FN3O4. The number of benzene rings is 2. The smallest absolute Gasteiger partial charge is 0.259 e. The van der Waals surface area contributed by atoms with Crippen LogP contribution in [0.5, 0.6) is 17.2 Å². The molecule has 1 aliphatic rings. The number of anilines is 1. The molecule has 1 saturated heterocycles. The highest BCUT2D eigenvalue weighted by Gasteiger charge is 2.33. The number of pyridine rings is 1. The van der Waals surface area contributed by atoms with Crippen LogP contribution in [0.25, 0.3) is 0 Å². The number of rotatable bonds is 7. The van der Waals surface area contributed by atoms with Gasteiger partial charge in [0.05, 0.1) is 31.5 Å². The summed E-state index contributed by atoms with van der Waals surface area (Å²) in [5.41, 5.74) is 2.09. The second-order valence-electron chi connectivity index (χ2n) is 8.62. The predicted molar refractivity (Wildman–Crippen MR) is 134 cm³/mol. The van der Waals surface area contributed by atoms with Crippen LogP contribution in [0, 0.1) is 12.7 Å². The minimum absolute atomic E-state index is 0.0448. The summed E-state index contributed by atoms with van der Waals surface area (Å²) in [6.07, 6.45) is 0. The average Bonchev–Trinajstić information content (AvgIpc) is 2.87. The third-order valence-corrected chi connectivity index (χ3v) is 6.72. The Morgan fingerprint density at radius 2 is 1.74 bits per heavy atom. The lowest BCUT2D eigenvalue weighted by atomic mass is 9.94. The minimum atomic E-state index is -0.551. The van der Waals surface area contributed by atoms with Gasteiger partial charge in [0.15, 0.2) is 0 Å². The summed E-state index contributed by atoms with van der Waals surface area (Å²) in [5.74, 6) is 0.897. The number of aromatic hydroxyl groups is 1. The molecule has 0 spiro atoms. The molecule has 3 aromatic rings. The van der Waals surface area contributed by atoms with Crippen molar-refractivity contribution in [1.82, 2.24) is 9.47 Å². The van der Waals surface area contributed by atoms with Gasteiger partial charge < -0.3 is 24.0 Å². The number of hydrogen-bond donors (Lipinski definition) is 1. The lowest BCUT2D eigenvalue weighted by Crippen LogP contribution is -2.49. The molecule has 1 N–H and O–H groups in total. The summed E-state index contributed by atoms with van der Waals surface area (Å²) >= 11 is 0. The van der Waals surface area contributed by atoms with Crippen LogP contribution in [0.3, 0.4) is 0 Å². The monoisotopic (exact) mass is 481 g/mol. The van der Waals surface area contributed by atoms with Gasteiger partial charge in [-0.05, 0) is 44.2 Å². The molecule has 1 fully saturated rings. The molecule has 0 aliphatic carbocycles. The van der Waals surface area contributed by atoms with Crippen LogP contribution >= 0.6 is 0 Å². The molecule has 186 valence electrons. The molecule has 0 unspecified atom stereocenters. The topological polar surface area (TPSA) is 67.2 Å². The highest BCUT2D eigenvalue weighted by molar-refractivity contribution is 5.50. The summed E-state index contributed by atoms with van der Waals surface area (Å²) in [4.78, 5) is 17.8. The first-order valence-electron chi connectivity index (χ1n) is 11.8. The third kappa shape index (κ3) is 4.71. The average molecular weight is 482 g/mol. The van der Waals surface area contributed by atoms with Gasteiger partial charge in [0.25, 0.3) is 5.56 Å². The number of aromatic nitrogens is 1. The quantitative estimate of drug-likeness (QED) is 0.551.